The maximum atomic E-state index is 12.0. The third-order valence-electron chi connectivity index (χ3n) is 2.79. The number of benzene rings is 1. The van der Waals surface area contributed by atoms with Crippen LogP contribution in [0.15, 0.2) is 12.1 Å². The minimum Gasteiger partial charge on any atom is -0.394 e. The summed E-state index contributed by atoms with van der Waals surface area (Å²) in [5.41, 5.74) is -0.417. The molecule has 0 spiro atoms. The number of nitro groups is 1. The van der Waals surface area contributed by atoms with Crippen molar-refractivity contribution >= 4 is 34.8 Å². The van der Waals surface area contributed by atoms with Crippen LogP contribution in [0.5, 0.6) is 0 Å². The molecule has 1 amide bonds. The van der Waals surface area contributed by atoms with E-state index < -0.39 is 22.6 Å². The van der Waals surface area contributed by atoms with Gasteiger partial charge in [-0.3, -0.25) is 14.9 Å². The third kappa shape index (κ3) is 3.82. The molecule has 1 atom stereocenters. The summed E-state index contributed by atoms with van der Waals surface area (Å²) in [7, 11) is 0. The number of rotatable bonds is 5. The number of halogens is 2. The molecular formula is C12H14Cl2N2O4. The monoisotopic (exact) mass is 320 g/mol. The molecule has 0 saturated heterocycles. The van der Waals surface area contributed by atoms with E-state index >= 15 is 0 Å². The number of aliphatic hydroxyl groups is 1. The van der Waals surface area contributed by atoms with Gasteiger partial charge in [0.2, 0.25) is 0 Å². The zero-order valence-corrected chi connectivity index (χ0v) is 12.4. The van der Waals surface area contributed by atoms with Gasteiger partial charge in [-0.1, -0.05) is 37.0 Å². The minimum absolute atomic E-state index is 0.0155. The van der Waals surface area contributed by atoms with Crippen molar-refractivity contribution in [2.75, 3.05) is 6.61 Å². The Morgan fingerprint density at radius 2 is 2.05 bits per heavy atom. The number of amides is 1. The molecule has 110 valence electrons. The van der Waals surface area contributed by atoms with Crippen molar-refractivity contribution in [1.82, 2.24) is 5.32 Å². The van der Waals surface area contributed by atoms with Crippen LogP contribution in [0.2, 0.25) is 10.0 Å². The van der Waals surface area contributed by atoms with Crippen LogP contribution in [0.3, 0.4) is 0 Å². The zero-order valence-electron chi connectivity index (χ0n) is 10.9. The van der Waals surface area contributed by atoms with E-state index in [1.807, 2.05) is 13.8 Å². The lowest BCUT2D eigenvalue weighted by Crippen LogP contribution is -2.41. The van der Waals surface area contributed by atoms with Gasteiger partial charge < -0.3 is 10.4 Å². The molecule has 1 aromatic carbocycles. The molecule has 1 aromatic rings. The van der Waals surface area contributed by atoms with E-state index in [1.165, 1.54) is 6.07 Å². The van der Waals surface area contributed by atoms with Gasteiger partial charge >= 0.3 is 0 Å². The molecule has 0 aliphatic carbocycles. The lowest BCUT2D eigenvalue weighted by Gasteiger charge is -2.19. The quantitative estimate of drug-likeness (QED) is 0.644. The summed E-state index contributed by atoms with van der Waals surface area (Å²) < 4.78 is 0. The molecule has 2 N–H and O–H groups in total. The van der Waals surface area contributed by atoms with Gasteiger partial charge in [0.05, 0.1) is 22.6 Å². The Labute approximate surface area is 125 Å². The number of hydrogen-bond acceptors (Lipinski definition) is 4. The molecular weight excluding hydrogens is 307 g/mol. The van der Waals surface area contributed by atoms with Crippen molar-refractivity contribution in [3.8, 4) is 0 Å². The Morgan fingerprint density at radius 3 is 2.50 bits per heavy atom. The number of aliphatic hydroxyl groups excluding tert-OH is 1. The molecule has 8 heteroatoms. The molecule has 0 radical (unpaired) electrons. The highest BCUT2D eigenvalue weighted by molar-refractivity contribution is 6.43. The highest BCUT2D eigenvalue weighted by atomic mass is 35.5. The zero-order chi connectivity index (χ0) is 15.4. The van der Waals surface area contributed by atoms with Crippen LogP contribution >= 0.6 is 23.2 Å². The highest BCUT2D eigenvalue weighted by Gasteiger charge is 2.22. The number of carbonyl (C=O) groups is 1. The maximum Gasteiger partial charge on any atom is 0.290 e. The van der Waals surface area contributed by atoms with Crippen LogP contribution in [-0.2, 0) is 0 Å². The summed E-state index contributed by atoms with van der Waals surface area (Å²) in [5.74, 6) is -0.541. The van der Waals surface area contributed by atoms with E-state index in [2.05, 4.69) is 5.32 Å². The highest BCUT2D eigenvalue weighted by Crippen LogP contribution is 2.33. The van der Waals surface area contributed by atoms with Gasteiger partial charge in [0.1, 0.15) is 5.02 Å². The van der Waals surface area contributed by atoms with Gasteiger partial charge in [0.15, 0.2) is 0 Å². The van der Waals surface area contributed by atoms with Gasteiger partial charge in [-0.2, -0.15) is 0 Å². The summed E-state index contributed by atoms with van der Waals surface area (Å²) in [6.07, 6.45) is 0. The standard InChI is InChI=1S/C12H14Cl2N2O4/c1-6(2)9(5-17)15-12(18)7-3-8(13)11(14)10(4-7)16(19)20/h3-4,6,9,17H,5H2,1-2H3,(H,15,18). The molecule has 0 fully saturated rings. The first-order valence-electron chi connectivity index (χ1n) is 5.83. The van der Waals surface area contributed by atoms with Crippen molar-refractivity contribution < 1.29 is 14.8 Å². The van der Waals surface area contributed by atoms with Crippen LogP contribution in [0.25, 0.3) is 0 Å². The molecule has 1 rings (SSSR count). The number of nitrogens with one attached hydrogen (secondary N) is 1. The summed E-state index contributed by atoms with van der Waals surface area (Å²) in [5, 5.41) is 22.3. The Bertz CT molecular complexity index is 534. The fourth-order valence-corrected chi connectivity index (χ4v) is 1.91. The van der Waals surface area contributed by atoms with Crippen LogP contribution in [-0.4, -0.2) is 28.6 Å². The fourth-order valence-electron chi connectivity index (χ4n) is 1.51. The first-order valence-corrected chi connectivity index (χ1v) is 6.58. The van der Waals surface area contributed by atoms with E-state index in [1.54, 1.807) is 0 Å². The second-order valence-corrected chi connectivity index (χ2v) is 5.34. The van der Waals surface area contributed by atoms with Gasteiger partial charge in [-0.05, 0) is 12.0 Å². The van der Waals surface area contributed by atoms with E-state index in [0.29, 0.717) is 0 Å². The van der Waals surface area contributed by atoms with E-state index in [4.69, 9.17) is 28.3 Å². The van der Waals surface area contributed by atoms with Gasteiger partial charge in [0.25, 0.3) is 11.6 Å². The SMILES string of the molecule is CC(C)C(CO)NC(=O)c1cc(Cl)c(Cl)c([N+](=O)[O-])c1. The topological polar surface area (TPSA) is 92.5 Å². The van der Waals surface area contributed by atoms with Crippen LogP contribution in [0, 0.1) is 16.0 Å². The van der Waals surface area contributed by atoms with E-state index in [-0.39, 0.29) is 28.1 Å². The Hall–Kier alpha value is -1.37. The predicted molar refractivity (Wildman–Crippen MR) is 76.3 cm³/mol. The molecule has 0 aliphatic heterocycles. The Balaban J connectivity index is 3.08. The molecule has 6 nitrogen and oxygen atoms in total. The average Bonchev–Trinajstić information content (AvgIpc) is 2.37. The van der Waals surface area contributed by atoms with E-state index in [0.717, 1.165) is 6.07 Å². The van der Waals surface area contributed by atoms with Crippen molar-refractivity contribution in [1.29, 1.82) is 0 Å². The maximum absolute atomic E-state index is 12.0. The van der Waals surface area contributed by atoms with Crippen LogP contribution in [0.1, 0.15) is 24.2 Å². The average molecular weight is 321 g/mol. The first kappa shape index (κ1) is 16.7. The second kappa shape index (κ2) is 6.88. The molecule has 0 aliphatic rings. The number of hydrogen-bond donors (Lipinski definition) is 2. The summed E-state index contributed by atoms with van der Waals surface area (Å²) in [4.78, 5) is 22.1. The first-order chi connectivity index (χ1) is 9.27. The van der Waals surface area contributed by atoms with Crippen molar-refractivity contribution in [2.24, 2.45) is 5.92 Å². The summed E-state index contributed by atoms with van der Waals surface area (Å²) in [6.45, 7) is 3.43. The number of nitro benzene ring substituents is 1. The number of carbonyl (C=O) groups excluding carboxylic acids is 1. The lowest BCUT2D eigenvalue weighted by molar-refractivity contribution is -0.384. The molecule has 0 aromatic heterocycles. The van der Waals surface area contributed by atoms with E-state index in [9.17, 15) is 14.9 Å². The number of nitrogens with zero attached hydrogens (tertiary/aromatic N) is 1. The van der Waals surface area contributed by atoms with Crippen LogP contribution in [0.4, 0.5) is 5.69 Å². The van der Waals surface area contributed by atoms with Gasteiger partial charge in [-0.25, -0.2) is 0 Å². The van der Waals surface area contributed by atoms with Crippen molar-refractivity contribution in [2.45, 2.75) is 19.9 Å². The normalized spacial score (nSPS) is 12.3. The fraction of sp³-hybridized carbons (Fsp3) is 0.417. The molecule has 1 unspecified atom stereocenters. The second-order valence-electron chi connectivity index (χ2n) is 4.55. The summed E-state index contributed by atoms with van der Waals surface area (Å²) in [6, 6.07) is 1.86. The van der Waals surface area contributed by atoms with Gasteiger partial charge in [0, 0.05) is 11.6 Å². The van der Waals surface area contributed by atoms with Crippen molar-refractivity contribution in [3.63, 3.8) is 0 Å². The largest absolute Gasteiger partial charge is 0.394 e. The van der Waals surface area contributed by atoms with Crippen molar-refractivity contribution in [3.05, 3.63) is 37.9 Å². The minimum atomic E-state index is -0.711. The lowest BCUT2D eigenvalue weighted by atomic mass is 10.0. The molecule has 20 heavy (non-hydrogen) atoms. The smallest absolute Gasteiger partial charge is 0.290 e. The predicted octanol–water partition coefficient (Wildman–Crippen LogP) is 2.65. The molecule has 0 bridgehead atoms. The molecule has 0 saturated carbocycles. The third-order valence-corrected chi connectivity index (χ3v) is 3.58. The Morgan fingerprint density at radius 1 is 1.45 bits per heavy atom. The summed E-state index contributed by atoms with van der Waals surface area (Å²) >= 11 is 11.5. The molecule has 0 heterocycles. The Kier molecular flexibility index (Phi) is 5.74. The van der Waals surface area contributed by atoms with Crippen LogP contribution < -0.4 is 5.32 Å². The van der Waals surface area contributed by atoms with Gasteiger partial charge in [-0.15, -0.1) is 0 Å².